The summed E-state index contributed by atoms with van der Waals surface area (Å²) in [7, 11) is 0. The Kier molecular flexibility index (Phi) is 34.0. The molecule has 0 nitrogen and oxygen atoms in total. The van der Waals surface area contributed by atoms with Gasteiger partial charge in [0.1, 0.15) is 0 Å². The van der Waals surface area contributed by atoms with E-state index in [0.717, 1.165) is 12.8 Å². The van der Waals surface area contributed by atoms with E-state index >= 15 is 0 Å². The van der Waals surface area contributed by atoms with Crippen LogP contribution in [0, 0.1) is 0 Å². The molecule has 0 bridgehead atoms. The topological polar surface area (TPSA) is 0 Å². The second-order valence-electron chi connectivity index (χ2n) is 11.2. The molecular weight excluding hydrogens is 444 g/mol. The number of hydrogen-bond acceptors (Lipinski definition) is 0. The molecule has 0 rings (SSSR count). The molecule has 0 aromatic heterocycles. The fraction of sp³-hybridized carbons (Fsp3) is 0.784. The maximum Gasteiger partial charge on any atom is -0.0169 e. The van der Waals surface area contributed by atoms with E-state index in [4.69, 9.17) is 0 Å². The molecule has 0 amide bonds. The van der Waals surface area contributed by atoms with E-state index in [1.165, 1.54) is 161 Å². The van der Waals surface area contributed by atoms with E-state index in [2.05, 4.69) is 62.5 Å². The highest BCUT2D eigenvalue weighted by molar-refractivity contribution is 4.93. The van der Waals surface area contributed by atoms with Gasteiger partial charge >= 0.3 is 0 Å². The Hall–Kier alpha value is -1.04. The zero-order valence-corrected chi connectivity index (χ0v) is 25.7. The summed E-state index contributed by atoms with van der Waals surface area (Å²) < 4.78 is 0. The van der Waals surface area contributed by atoms with Gasteiger partial charge in [0.15, 0.2) is 0 Å². The molecule has 0 unspecified atom stereocenters. The van der Waals surface area contributed by atoms with Crippen LogP contribution in [0.2, 0.25) is 0 Å². The molecule has 0 aromatic rings. The van der Waals surface area contributed by atoms with Crippen molar-refractivity contribution in [3.8, 4) is 0 Å². The van der Waals surface area contributed by atoms with Gasteiger partial charge in [-0.25, -0.2) is 0 Å². The van der Waals surface area contributed by atoms with Crippen LogP contribution in [0.5, 0.6) is 0 Å². The highest BCUT2D eigenvalue weighted by Crippen LogP contribution is 2.14. The molecule has 0 heteroatoms. The van der Waals surface area contributed by atoms with Crippen molar-refractivity contribution in [3.63, 3.8) is 0 Å². The summed E-state index contributed by atoms with van der Waals surface area (Å²) in [5.74, 6) is 0. The van der Waals surface area contributed by atoms with Gasteiger partial charge in [-0.3, -0.25) is 0 Å². The Morgan fingerprint density at radius 3 is 0.703 bits per heavy atom. The van der Waals surface area contributed by atoms with Crippen molar-refractivity contribution in [2.24, 2.45) is 0 Å². The average Bonchev–Trinajstić information content (AvgIpc) is 2.91. The number of allylic oxidation sites excluding steroid dienone is 8. The van der Waals surface area contributed by atoms with Crippen molar-refractivity contribution < 1.29 is 0 Å². The summed E-state index contributed by atoms with van der Waals surface area (Å²) in [6, 6.07) is 0. The molecular formula is C37H68. The van der Waals surface area contributed by atoms with Crippen LogP contribution in [0.1, 0.15) is 187 Å². The van der Waals surface area contributed by atoms with E-state index in [9.17, 15) is 0 Å². The average molecular weight is 513 g/mol. The lowest BCUT2D eigenvalue weighted by Crippen LogP contribution is -1.83. The van der Waals surface area contributed by atoms with Crippen LogP contribution in [0.25, 0.3) is 0 Å². The summed E-state index contributed by atoms with van der Waals surface area (Å²) in [6.45, 7) is 4.54. The van der Waals surface area contributed by atoms with Gasteiger partial charge in [-0.2, -0.15) is 0 Å². The molecule has 0 saturated heterocycles. The fourth-order valence-corrected chi connectivity index (χ4v) is 4.86. The lowest BCUT2D eigenvalue weighted by Gasteiger charge is -2.03. The molecule has 0 fully saturated rings. The highest BCUT2D eigenvalue weighted by Gasteiger charge is 1.94. The highest BCUT2D eigenvalue weighted by atomic mass is 14.0. The Morgan fingerprint density at radius 1 is 0.243 bits per heavy atom. The second-order valence-corrected chi connectivity index (χ2v) is 11.2. The molecule has 0 saturated carbocycles. The van der Waals surface area contributed by atoms with Crippen LogP contribution in [-0.2, 0) is 0 Å². The van der Waals surface area contributed by atoms with Crippen LogP contribution in [-0.4, -0.2) is 0 Å². The van der Waals surface area contributed by atoms with Gasteiger partial charge in [-0.15, -0.1) is 0 Å². The minimum atomic E-state index is 1.13. The first-order valence-corrected chi connectivity index (χ1v) is 17.0. The Bertz CT molecular complexity index is 460. The molecule has 0 aliphatic rings. The fourth-order valence-electron chi connectivity index (χ4n) is 4.86. The zero-order valence-electron chi connectivity index (χ0n) is 25.7. The lowest BCUT2D eigenvalue weighted by atomic mass is 10.0. The maximum atomic E-state index is 2.39. The van der Waals surface area contributed by atoms with Crippen molar-refractivity contribution in [3.05, 3.63) is 48.6 Å². The summed E-state index contributed by atoms with van der Waals surface area (Å²) in [5.41, 5.74) is 0. The van der Waals surface area contributed by atoms with Gasteiger partial charge < -0.3 is 0 Å². The van der Waals surface area contributed by atoms with Crippen molar-refractivity contribution in [2.75, 3.05) is 0 Å². The summed E-state index contributed by atoms with van der Waals surface area (Å²) in [5, 5.41) is 0. The van der Waals surface area contributed by atoms with Crippen LogP contribution >= 0.6 is 0 Å². The summed E-state index contributed by atoms with van der Waals surface area (Å²) >= 11 is 0. The smallest absolute Gasteiger partial charge is 0.0169 e. The summed E-state index contributed by atoms with van der Waals surface area (Å²) in [6.07, 6.45) is 56.0. The van der Waals surface area contributed by atoms with E-state index in [1.807, 2.05) is 0 Å². The quantitative estimate of drug-likeness (QED) is 0.0663. The first-order chi connectivity index (χ1) is 18.4. The molecule has 0 atom stereocenters. The normalized spacial score (nSPS) is 12.4. The third-order valence-electron chi connectivity index (χ3n) is 7.40. The molecule has 0 heterocycles. The van der Waals surface area contributed by atoms with Gasteiger partial charge in [0, 0.05) is 0 Å². The van der Waals surface area contributed by atoms with Crippen molar-refractivity contribution in [2.45, 2.75) is 187 Å². The molecule has 0 spiro atoms. The minimum absolute atomic E-state index is 1.13. The van der Waals surface area contributed by atoms with Gasteiger partial charge in [0.25, 0.3) is 0 Å². The lowest BCUT2D eigenvalue weighted by molar-refractivity contribution is 0.531. The Labute approximate surface area is 235 Å². The Morgan fingerprint density at radius 2 is 0.459 bits per heavy atom. The minimum Gasteiger partial charge on any atom is -0.0882 e. The molecule has 0 radical (unpaired) electrons. The zero-order chi connectivity index (χ0) is 26.7. The summed E-state index contributed by atoms with van der Waals surface area (Å²) in [4.78, 5) is 0. The number of hydrogen-bond donors (Lipinski definition) is 0. The van der Waals surface area contributed by atoms with Crippen molar-refractivity contribution in [1.82, 2.24) is 0 Å². The first-order valence-electron chi connectivity index (χ1n) is 17.0. The predicted octanol–water partition coefficient (Wildman–Crippen LogP) is 13.8. The van der Waals surface area contributed by atoms with Crippen LogP contribution in [0.3, 0.4) is 0 Å². The SMILES string of the molecule is CCCCC/C=C/C/C=C/CCCCCCCCCCCCCCCCC/C=C/C/C=C/CCCCC. The first kappa shape index (κ1) is 36.0. The molecule has 0 N–H and O–H groups in total. The molecule has 0 aliphatic heterocycles. The van der Waals surface area contributed by atoms with Crippen LogP contribution < -0.4 is 0 Å². The molecule has 216 valence electrons. The number of unbranched alkanes of at least 4 members (excludes halogenated alkanes) is 22. The van der Waals surface area contributed by atoms with E-state index in [0.29, 0.717) is 0 Å². The monoisotopic (exact) mass is 513 g/mol. The Balaban J connectivity index is 3.16. The van der Waals surface area contributed by atoms with Gasteiger partial charge in [-0.1, -0.05) is 172 Å². The third kappa shape index (κ3) is 35.0. The van der Waals surface area contributed by atoms with Gasteiger partial charge in [-0.05, 0) is 64.2 Å². The number of rotatable bonds is 30. The van der Waals surface area contributed by atoms with E-state index < -0.39 is 0 Å². The van der Waals surface area contributed by atoms with Gasteiger partial charge in [0.05, 0.1) is 0 Å². The van der Waals surface area contributed by atoms with Crippen LogP contribution in [0.4, 0.5) is 0 Å². The molecule has 37 heavy (non-hydrogen) atoms. The third-order valence-corrected chi connectivity index (χ3v) is 7.40. The largest absolute Gasteiger partial charge is 0.0882 e. The van der Waals surface area contributed by atoms with Gasteiger partial charge in [0.2, 0.25) is 0 Å². The second kappa shape index (κ2) is 35.0. The maximum absolute atomic E-state index is 2.39. The van der Waals surface area contributed by atoms with E-state index in [1.54, 1.807) is 0 Å². The van der Waals surface area contributed by atoms with Crippen molar-refractivity contribution in [1.29, 1.82) is 0 Å². The van der Waals surface area contributed by atoms with Crippen molar-refractivity contribution >= 4 is 0 Å². The molecule has 0 aromatic carbocycles. The predicted molar refractivity (Wildman–Crippen MR) is 173 cm³/mol. The molecule has 0 aliphatic carbocycles. The standard InChI is InChI=1S/C37H68/c1-3-5-7-9-11-13-15-17-19-21-23-25-27-29-31-33-35-37-36-34-32-30-28-26-24-22-20-18-16-14-12-10-8-6-4-2/h11-14,17-20H,3-10,15-16,21-37H2,1-2H3/b13-11+,14-12+,19-17+,20-18+. The van der Waals surface area contributed by atoms with E-state index in [-0.39, 0.29) is 0 Å². The van der Waals surface area contributed by atoms with Crippen LogP contribution in [0.15, 0.2) is 48.6 Å².